The van der Waals surface area contributed by atoms with Crippen LogP contribution in [0.4, 0.5) is 13.2 Å². The predicted molar refractivity (Wildman–Crippen MR) is 118 cm³/mol. The SMILES string of the molecule is CS(=O)(=O)c1ccccc1-c1nc(S(=O)(=O)c2cc(F)cc(F)c2)sc1-c1ccc(F)cc1. The van der Waals surface area contributed by atoms with E-state index in [1.807, 2.05) is 0 Å². The summed E-state index contributed by atoms with van der Waals surface area (Å²) in [7, 11) is -8.18. The van der Waals surface area contributed by atoms with Crippen LogP contribution >= 0.6 is 11.3 Å². The smallest absolute Gasteiger partial charge is 0.224 e. The average Bonchev–Trinajstić information content (AvgIpc) is 3.19. The lowest BCUT2D eigenvalue weighted by Crippen LogP contribution is -2.03. The van der Waals surface area contributed by atoms with E-state index in [-0.39, 0.29) is 21.0 Å². The summed E-state index contributed by atoms with van der Waals surface area (Å²) in [5.74, 6) is -2.68. The Hall–Kier alpha value is -3.02. The first-order valence-electron chi connectivity index (χ1n) is 9.24. The molecule has 3 aromatic carbocycles. The van der Waals surface area contributed by atoms with Crippen LogP contribution in [0.25, 0.3) is 21.7 Å². The summed E-state index contributed by atoms with van der Waals surface area (Å²) < 4.78 is 91.3. The fraction of sp³-hybridized carbons (Fsp3) is 0.0455. The lowest BCUT2D eigenvalue weighted by molar-refractivity contribution is 0.567. The molecule has 0 fully saturated rings. The van der Waals surface area contributed by atoms with Gasteiger partial charge in [0.05, 0.1) is 20.4 Å². The molecule has 0 spiro atoms. The molecule has 0 unspecified atom stereocenters. The molecule has 0 amide bonds. The first-order valence-corrected chi connectivity index (χ1v) is 13.4. The van der Waals surface area contributed by atoms with Crippen LogP contribution in [0, 0.1) is 17.5 Å². The molecule has 170 valence electrons. The maximum absolute atomic E-state index is 13.7. The van der Waals surface area contributed by atoms with Gasteiger partial charge in [-0.15, -0.1) is 11.3 Å². The van der Waals surface area contributed by atoms with Crippen molar-refractivity contribution in [1.82, 2.24) is 4.98 Å². The van der Waals surface area contributed by atoms with Crippen molar-refractivity contribution in [2.24, 2.45) is 0 Å². The second kappa shape index (κ2) is 8.40. The molecular weight excluding hydrogens is 495 g/mol. The Morgan fingerprint density at radius 1 is 0.788 bits per heavy atom. The number of aromatic nitrogens is 1. The van der Waals surface area contributed by atoms with Gasteiger partial charge in [0.1, 0.15) is 17.5 Å². The Bertz CT molecular complexity index is 1560. The van der Waals surface area contributed by atoms with Gasteiger partial charge in [-0.25, -0.2) is 35.0 Å². The van der Waals surface area contributed by atoms with E-state index in [1.165, 1.54) is 30.3 Å². The zero-order valence-corrected chi connectivity index (χ0v) is 19.2. The minimum atomic E-state index is -4.45. The quantitative estimate of drug-likeness (QED) is 0.373. The van der Waals surface area contributed by atoms with Crippen LogP contribution in [0.3, 0.4) is 0 Å². The van der Waals surface area contributed by atoms with Crippen molar-refractivity contribution < 1.29 is 30.0 Å². The molecule has 0 aliphatic heterocycles. The minimum Gasteiger partial charge on any atom is -0.224 e. The van der Waals surface area contributed by atoms with Crippen LogP contribution in [0.15, 0.2) is 80.9 Å². The molecule has 33 heavy (non-hydrogen) atoms. The molecule has 11 heteroatoms. The van der Waals surface area contributed by atoms with Gasteiger partial charge in [0.2, 0.25) is 14.2 Å². The highest BCUT2D eigenvalue weighted by Crippen LogP contribution is 2.42. The van der Waals surface area contributed by atoms with E-state index in [1.54, 1.807) is 6.07 Å². The molecule has 1 aromatic heterocycles. The van der Waals surface area contributed by atoms with Crippen molar-refractivity contribution in [3.05, 3.63) is 84.2 Å². The van der Waals surface area contributed by atoms with E-state index in [0.717, 1.165) is 18.4 Å². The minimum absolute atomic E-state index is 0.0306. The molecule has 5 nitrogen and oxygen atoms in total. The first-order chi connectivity index (χ1) is 15.5. The Labute approximate surface area is 192 Å². The number of sulfone groups is 2. The van der Waals surface area contributed by atoms with E-state index in [9.17, 15) is 30.0 Å². The summed E-state index contributed by atoms with van der Waals surface area (Å²) in [6, 6.07) is 12.9. The molecule has 0 aliphatic carbocycles. The largest absolute Gasteiger partial charge is 0.233 e. The van der Waals surface area contributed by atoms with Crippen LogP contribution in [-0.4, -0.2) is 28.1 Å². The zero-order valence-electron chi connectivity index (χ0n) is 16.8. The van der Waals surface area contributed by atoms with E-state index in [4.69, 9.17) is 0 Å². The van der Waals surface area contributed by atoms with E-state index in [0.29, 0.717) is 35.1 Å². The van der Waals surface area contributed by atoms with Crippen molar-refractivity contribution in [2.45, 2.75) is 14.1 Å². The van der Waals surface area contributed by atoms with Crippen molar-refractivity contribution >= 4 is 31.0 Å². The molecule has 0 radical (unpaired) electrons. The number of thiazole rings is 1. The lowest BCUT2D eigenvalue weighted by atomic mass is 10.1. The summed E-state index contributed by atoms with van der Waals surface area (Å²) in [6.07, 6.45) is 1.00. The Morgan fingerprint density at radius 3 is 2.00 bits per heavy atom. The van der Waals surface area contributed by atoms with Crippen LogP contribution in [0.2, 0.25) is 0 Å². The van der Waals surface area contributed by atoms with E-state index >= 15 is 0 Å². The van der Waals surface area contributed by atoms with Crippen LogP contribution in [-0.2, 0) is 19.7 Å². The van der Waals surface area contributed by atoms with Crippen molar-refractivity contribution in [3.63, 3.8) is 0 Å². The Kier molecular flexibility index (Phi) is 5.89. The first kappa shape index (κ1) is 23.1. The Balaban J connectivity index is 2.01. The van der Waals surface area contributed by atoms with Gasteiger partial charge in [0.15, 0.2) is 9.84 Å². The molecule has 4 rings (SSSR count). The van der Waals surface area contributed by atoms with Gasteiger partial charge in [0, 0.05) is 17.9 Å². The molecule has 0 N–H and O–H groups in total. The van der Waals surface area contributed by atoms with Crippen LogP contribution < -0.4 is 0 Å². The van der Waals surface area contributed by atoms with Crippen LogP contribution in [0.1, 0.15) is 0 Å². The summed E-state index contributed by atoms with van der Waals surface area (Å²) in [4.78, 5) is 3.72. The zero-order chi connectivity index (χ0) is 24.0. The topological polar surface area (TPSA) is 81.2 Å². The fourth-order valence-electron chi connectivity index (χ4n) is 3.17. The lowest BCUT2D eigenvalue weighted by Gasteiger charge is -2.08. The summed E-state index contributed by atoms with van der Waals surface area (Å²) in [5, 5.41) is 0. The van der Waals surface area contributed by atoms with Gasteiger partial charge in [-0.05, 0) is 35.9 Å². The standard InChI is InChI=1S/C22H14F3NO4S3/c1-32(27,28)19-5-3-2-4-18(19)20-21(13-6-8-14(23)9-7-13)31-22(26-20)33(29,30)17-11-15(24)10-16(25)12-17/h2-12H,1H3. The van der Waals surface area contributed by atoms with Gasteiger partial charge in [-0.1, -0.05) is 30.3 Å². The summed E-state index contributed by atoms with van der Waals surface area (Å²) >= 11 is 0.685. The average molecular weight is 510 g/mol. The summed E-state index contributed by atoms with van der Waals surface area (Å²) in [6.45, 7) is 0. The van der Waals surface area contributed by atoms with Crippen molar-refractivity contribution in [3.8, 4) is 21.7 Å². The maximum Gasteiger partial charge on any atom is 0.233 e. The monoisotopic (exact) mass is 509 g/mol. The fourth-order valence-corrected chi connectivity index (χ4v) is 6.80. The number of hydrogen-bond acceptors (Lipinski definition) is 6. The van der Waals surface area contributed by atoms with Crippen molar-refractivity contribution in [2.75, 3.05) is 6.26 Å². The molecule has 4 aromatic rings. The normalized spacial score (nSPS) is 12.1. The number of benzene rings is 3. The number of rotatable bonds is 5. The predicted octanol–water partition coefficient (Wildman–Crippen LogP) is 5.13. The highest BCUT2D eigenvalue weighted by molar-refractivity contribution is 7.93. The van der Waals surface area contributed by atoms with E-state index in [2.05, 4.69) is 4.98 Å². The van der Waals surface area contributed by atoms with E-state index < -0.39 is 46.4 Å². The van der Waals surface area contributed by atoms with Gasteiger partial charge in [-0.3, -0.25) is 0 Å². The summed E-state index contributed by atoms with van der Waals surface area (Å²) in [5.41, 5.74) is 0.560. The second-order valence-corrected chi connectivity index (χ2v) is 12.1. The van der Waals surface area contributed by atoms with Gasteiger partial charge < -0.3 is 0 Å². The van der Waals surface area contributed by atoms with Gasteiger partial charge >= 0.3 is 0 Å². The number of hydrogen-bond donors (Lipinski definition) is 0. The number of nitrogens with zero attached hydrogens (tertiary/aromatic N) is 1. The van der Waals surface area contributed by atoms with Crippen LogP contribution in [0.5, 0.6) is 0 Å². The molecule has 0 aliphatic rings. The van der Waals surface area contributed by atoms with Gasteiger partial charge in [0.25, 0.3) is 0 Å². The second-order valence-electron chi connectivity index (χ2n) is 7.04. The molecule has 0 atom stereocenters. The highest BCUT2D eigenvalue weighted by atomic mass is 32.2. The molecular formula is C22H14F3NO4S3. The van der Waals surface area contributed by atoms with Gasteiger partial charge in [-0.2, -0.15) is 0 Å². The third kappa shape index (κ3) is 4.56. The molecule has 1 heterocycles. The molecule has 0 saturated heterocycles. The molecule has 0 saturated carbocycles. The molecule has 0 bridgehead atoms. The van der Waals surface area contributed by atoms with Crippen molar-refractivity contribution in [1.29, 1.82) is 0 Å². The maximum atomic E-state index is 13.7. The third-order valence-electron chi connectivity index (χ3n) is 4.63. The number of halogens is 3. The highest BCUT2D eigenvalue weighted by Gasteiger charge is 2.28. The Morgan fingerprint density at radius 2 is 1.39 bits per heavy atom. The third-order valence-corrected chi connectivity index (χ3v) is 9.00.